The molecule has 0 fully saturated rings. The lowest BCUT2D eigenvalue weighted by Crippen LogP contribution is -2.17. The average molecular weight is 391 g/mol. The first-order valence-electron chi connectivity index (χ1n) is 8.70. The second kappa shape index (κ2) is 7.22. The van der Waals surface area contributed by atoms with Crippen LogP contribution in [0.2, 0.25) is 0 Å². The first-order chi connectivity index (χ1) is 13.0. The van der Waals surface area contributed by atoms with Crippen molar-refractivity contribution in [1.82, 2.24) is 4.57 Å². The fourth-order valence-electron chi connectivity index (χ4n) is 3.62. The summed E-state index contributed by atoms with van der Waals surface area (Å²) < 4.78 is 42.9. The maximum Gasteiger partial charge on any atom is 0.573 e. The van der Waals surface area contributed by atoms with E-state index in [1.54, 1.807) is 12.1 Å². The SMILES string of the molecule is Cc1cc(C)c2c(c1)c(CC(=O)O)c(C)n2Cc1ccc(OC(F)(F)F)cc1. The molecule has 0 bridgehead atoms. The third kappa shape index (κ3) is 4.13. The lowest BCUT2D eigenvalue weighted by Gasteiger charge is -2.12. The molecule has 0 amide bonds. The fraction of sp³-hybridized carbons (Fsp3) is 0.286. The van der Waals surface area contributed by atoms with Gasteiger partial charge in [0.05, 0.1) is 11.9 Å². The molecular formula is C21H20F3NO3. The quantitative estimate of drug-likeness (QED) is 0.655. The van der Waals surface area contributed by atoms with Crippen LogP contribution in [0.4, 0.5) is 13.2 Å². The normalized spacial score (nSPS) is 11.8. The molecule has 2 aromatic carbocycles. The van der Waals surface area contributed by atoms with E-state index in [1.807, 2.05) is 37.5 Å². The van der Waals surface area contributed by atoms with Crippen LogP contribution < -0.4 is 4.74 Å². The highest BCUT2D eigenvalue weighted by Crippen LogP contribution is 2.31. The molecule has 0 aliphatic carbocycles. The van der Waals surface area contributed by atoms with E-state index in [4.69, 9.17) is 0 Å². The molecule has 0 aliphatic heterocycles. The van der Waals surface area contributed by atoms with Crippen LogP contribution in [0.5, 0.6) is 5.75 Å². The molecule has 0 unspecified atom stereocenters. The summed E-state index contributed by atoms with van der Waals surface area (Å²) in [4.78, 5) is 11.3. The summed E-state index contributed by atoms with van der Waals surface area (Å²) in [5, 5.41) is 10.2. The molecule has 4 nitrogen and oxygen atoms in total. The van der Waals surface area contributed by atoms with Gasteiger partial charge < -0.3 is 14.4 Å². The van der Waals surface area contributed by atoms with Crippen LogP contribution >= 0.6 is 0 Å². The van der Waals surface area contributed by atoms with E-state index in [2.05, 4.69) is 4.74 Å². The Morgan fingerprint density at radius 1 is 1.11 bits per heavy atom. The Morgan fingerprint density at radius 2 is 1.75 bits per heavy atom. The number of benzene rings is 2. The van der Waals surface area contributed by atoms with Gasteiger partial charge >= 0.3 is 12.3 Å². The number of fused-ring (bicyclic) bond motifs is 1. The molecular weight excluding hydrogens is 371 g/mol. The van der Waals surface area contributed by atoms with E-state index in [9.17, 15) is 23.1 Å². The molecule has 3 rings (SSSR count). The van der Waals surface area contributed by atoms with Crippen LogP contribution in [0.3, 0.4) is 0 Å². The highest BCUT2D eigenvalue weighted by atomic mass is 19.4. The van der Waals surface area contributed by atoms with E-state index in [0.29, 0.717) is 6.54 Å². The number of hydrogen-bond donors (Lipinski definition) is 1. The fourth-order valence-corrected chi connectivity index (χ4v) is 3.62. The van der Waals surface area contributed by atoms with Gasteiger partial charge in [0.1, 0.15) is 5.75 Å². The van der Waals surface area contributed by atoms with Crippen LogP contribution in [0.25, 0.3) is 10.9 Å². The van der Waals surface area contributed by atoms with E-state index < -0.39 is 12.3 Å². The van der Waals surface area contributed by atoms with Crippen LogP contribution in [0.1, 0.15) is 27.9 Å². The standard InChI is InChI=1S/C21H20F3NO3/c1-12-8-13(2)20-18(9-12)17(10-19(26)27)14(3)25(20)11-15-4-6-16(7-5-15)28-21(22,23)24/h4-9H,10-11H2,1-3H3,(H,26,27). The second-order valence-corrected chi connectivity index (χ2v) is 6.89. The van der Waals surface area contributed by atoms with E-state index >= 15 is 0 Å². The summed E-state index contributed by atoms with van der Waals surface area (Å²) in [6, 6.07) is 9.71. The molecule has 28 heavy (non-hydrogen) atoms. The second-order valence-electron chi connectivity index (χ2n) is 6.89. The van der Waals surface area contributed by atoms with Crippen molar-refractivity contribution in [1.29, 1.82) is 0 Å². The van der Waals surface area contributed by atoms with Crippen molar-refractivity contribution in [2.45, 2.75) is 40.1 Å². The zero-order valence-electron chi connectivity index (χ0n) is 15.7. The van der Waals surface area contributed by atoms with Crippen molar-refractivity contribution in [2.75, 3.05) is 0 Å². The van der Waals surface area contributed by atoms with Gasteiger partial charge in [0, 0.05) is 17.6 Å². The van der Waals surface area contributed by atoms with E-state index in [-0.39, 0.29) is 12.2 Å². The molecule has 1 heterocycles. The number of rotatable bonds is 5. The molecule has 0 atom stereocenters. The Bertz CT molecular complexity index is 1030. The van der Waals surface area contributed by atoms with Crippen molar-refractivity contribution < 1.29 is 27.8 Å². The number of alkyl halides is 3. The molecule has 0 saturated carbocycles. The number of hydrogen-bond acceptors (Lipinski definition) is 2. The zero-order valence-corrected chi connectivity index (χ0v) is 15.7. The van der Waals surface area contributed by atoms with Gasteiger partial charge in [-0.25, -0.2) is 0 Å². The minimum absolute atomic E-state index is 0.0867. The van der Waals surface area contributed by atoms with Crippen LogP contribution in [0.15, 0.2) is 36.4 Å². The minimum atomic E-state index is -4.73. The first-order valence-corrected chi connectivity index (χ1v) is 8.70. The Labute approximate surface area is 160 Å². The van der Waals surface area contributed by atoms with Crippen LogP contribution in [-0.2, 0) is 17.8 Å². The van der Waals surface area contributed by atoms with E-state index in [1.165, 1.54) is 12.1 Å². The molecule has 0 radical (unpaired) electrons. The zero-order chi connectivity index (χ0) is 20.6. The lowest BCUT2D eigenvalue weighted by atomic mass is 10.0. The minimum Gasteiger partial charge on any atom is -0.481 e. The van der Waals surface area contributed by atoms with Crippen molar-refractivity contribution in [3.63, 3.8) is 0 Å². The monoisotopic (exact) mass is 391 g/mol. The van der Waals surface area contributed by atoms with Crippen molar-refractivity contribution in [2.24, 2.45) is 0 Å². The number of aliphatic carboxylic acids is 1. The van der Waals surface area contributed by atoms with Gasteiger partial charge in [-0.05, 0) is 55.7 Å². The summed E-state index contributed by atoms with van der Waals surface area (Å²) >= 11 is 0. The van der Waals surface area contributed by atoms with Gasteiger partial charge in [0.15, 0.2) is 0 Å². The molecule has 0 aliphatic rings. The first kappa shape index (κ1) is 19.8. The summed E-state index contributed by atoms with van der Waals surface area (Å²) in [5.41, 5.74) is 5.38. The third-order valence-corrected chi connectivity index (χ3v) is 4.71. The number of aryl methyl sites for hydroxylation is 2. The highest BCUT2D eigenvalue weighted by molar-refractivity contribution is 5.91. The maximum atomic E-state index is 12.3. The average Bonchev–Trinajstić information content (AvgIpc) is 2.80. The smallest absolute Gasteiger partial charge is 0.481 e. The summed E-state index contributed by atoms with van der Waals surface area (Å²) in [7, 11) is 0. The predicted octanol–water partition coefficient (Wildman–Crippen LogP) is 5.14. The molecule has 1 aromatic heterocycles. The van der Waals surface area contributed by atoms with Gasteiger partial charge in [-0.15, -0.1) is 13.2 Å². The third-order valence-electron chi connectivity index (χ3n) is 4.71. The Balaban J connectivity index is 2.03. The predicted molar refractivity (Wildman–Crippen MR) is 99.7 cm³/mol. The number of nitrogens with zero attached hydrogens (tertiary/aromatic N) is 1. The Morgan fingerprint density at radius 3 is 2.32 bits per heavy atom. The number of carbonyl (C=O) groups is 1. The van der Waals surface area contributed by atoms with Crippen molar-refractivity contribution in [3.8, 4) is 5.75 Å². The van der Waals surface area contributed by atoms with Gasteiger partial charge in [0.2, 0.25) is 0 Å². The molecule has 3 aromatic rings. The summed E-state index contributed by atoms with van der Waals surface area (Å²) in [6.07, 6.45) is -4.81. The van der Waals surface area contributed by atoms with Gasteiger partial charge in [0.25, 0.3) is 0 Å². The van der Waals surface area contributed by atoms with Gasteiger partial charge in [-0.1, -0.05) is 23.8 Å². The van der Waals surface area contributed by atoms with E-state index in [0.717, 1.165) is 38.9 Å². The number of carboxylic acids is 1. The number of ether oxygens (including phenoxy) is 1. The molecule has 148 valence electrons. The maximum absolute atomic E-state index is 12.3. The largest absolute Gasteiger partial charge is 0.573 e. The molecule has 7 heteroatoms. The Hall–Kier alpha value is -2.96. The molecule has 1 N–H and O–H groups in total. The van der Waals surface area contributed by atoms with Gasteiger partial charge in [-0.3, -0.25) is 4.79 Å². The number of aromatic nitrogens is 1. The van der Waals surface area contributed by atoms with Crippen LogP contribution in [0, 0.1) is 20.8 Å². The van der Waals surface area contributed by atoms with Crippen molar-refractivity contribution >= 4 is 16.9 Å². The van der Waals surface area contributed by atoms with Gasteiger partial charge in [-0.2, -0.15) is 0 Å². The molecule has 0 saturated heterocycles. The topological polar surface area (TPSA) is 51.5 Å². The summed E-state index contributed by atoms with van der Waals surface area (Å²) in [5.74, 6) is -1.18. The lowest BCUT2D eigenvalue weighted by molar-refractivity contribution is -0.274. The summed E-state index contributed by atoms with van der Waals surface area (Å²) in [6.45, 7) is 6.21. The van der Waals surface area contributed by atoms with Crippen LogP contribution in [-0.4, -0.2) is 22.0 Å². The Kier molecular flexibility index (Phi) is 5.10. The number of carboxylic acid groups (broad SMARTS) is 1. The van der Waals surface area contributed by atoms with Crippen molar-refractivity contribution in [3.05, 3.63) is 64.3 Å². The number of halogens is 3. The molecule has 0 spiro atoms. The highest BCUT2D eigenvalue weighted by Gasteiger charge is 2.31.